The highest BCUT2D eigenvalue weighted by Gasteiger charge is 2.17. The normalized spacial score (nSPS) is 25.6. The van der Waals surface area contributed by atoms with Crippen molar-refractivity contribution in [2.24, 2.45) is 11.8 Å². The SMILES string of the molecule is CC1CCC(C[Si]c2ccc(Cl)cc2)CC1. The van der Waals surface area contributed by atoms with Crippen molar-refractivity contribution in [1.82, 2.24) is 0 Å². The maximum absolute atomic E-state index is 5.88. The molecule has 2 rings (SSSR count). The van der Waals surface area contributed by atoms with E-state index in [-0.39, 0.29) is 0 Å². The highest BCUT2D eigenvalue weighted by atomic mass is 35.5. The van der Waals surface area contributed by atoms with Crippen molar-refractivity contribution >= 4 is 26.3 Å². The van der Waals surface area contributed by atoms with Gasteiger partial charge < -0.3 is 0 Å². The minimum atomic E-state index is 0.847. The zero-order valence-corrected chi connectivity index (χ0v) is 11.6. The summed E-state index contributed by atoms with van der Waals surface area (Å²) in [4.78, 5) is 0. The maximum Gasteiger partial charge on any atom is 0.0810 e. The molecule has 1 saturated carbocycles. The van der Waals surface area contributed by atoms with Crippen molar-refractivity contribution in [3.63, 3.8) is 0 Å². The maximum atomic E-state index is 5.88. The summed E-state index contributed by atoms with van der Waals surface area (Å²) in [6, 6.07) is 9.74. The summed E-state index contributed by atoms with van der Waals surface area (Å²) in [5.41, 5.74) is 0. The van der Waals surface area contributed by atoms with E-state index in [9.17, 15) is 0 Å². The molecule has 0 aliphatic heterocycles. The minimum Gasteiger partial charge on any atom is -0.0843 e. The second-order valence-electron chi connectivity index (χ2n) is 5.01. The second kappa shape index (κ2) is 5.88. The van der Waals surface area contributed by atoms with Crippen molar-refractivity contribution in [3.8, 4) is 0 Å². The molecule has 0 N–H and O–H groups in total. The van der Waals surface area contributed by atoms with Crippen LogP contribution in [0.2, 0.25) is 11.1 Å². The zero-order chi connectivity index (χ0) is 11.4. The van der Waals surface area contributed by atoms with Crippen LogP contribution in [0.5, 0.6) is 0 Å². The van der Waals surface area contributed by atoms with Gasteiger partial charge in [-0.05, 0) is 24.0 Å². The van der Waals surface area contributed by atoms with Crippen LogP contribution in [0.3, 0.4) is 0 Å². The van der Waals surface area contributed by atoms with Crippen molar-refractivity contribution in [2.45, 2.75) is 38.7 Å². The summed E-state index contributed by atoms with van der Waals surface area (Å²) < 4.78 is 0. The minimum absolute atomic E-state index is 0.847. The van der Waals surface area contributed by atoms with Gasteiger partial charge in [0.25, 0.3) is 0 Å². The van der Waals surface area contributed by atoms with Crippen LogP contribution in [0.15, 0.2) is 24.3 Å². The molecular weight excluding hydrogens is 232 g/mol. The molecule has 0 saturated heterocycles. The Balaban J connectivity index is 1.77. The average Bonchev–Trinajstić information content (AvgIpc) is 2.30. The molecule has 0 aromatic heterocycles. The number of hydrogen-bond donors (Lipinski definition) is 0. The van der Waals surface area contributed by atoms with Gasteiger partial charge in [-0.3, -0.25) is 0 Å². The first-order valence-electron chi connectivity index (χ1n) is 6.23. The van der Waals surface area contributed by atoms with E-state index in [1.54, 1.807) is 0 Å². The van der Waals surface area contributed by atoms with Crippen LogP contribution >= 0.6 is 11.6 Å². The summed E-state index contributed by atoms with van der Waals surface area (Å²) in [7, 11) is 0.965. The number of benzene rings is 1. The first kappa shape index (κ1) is 12.2. The zero-order valence-electron chi connectivity index (χ0n) is 9.88. The molecule has 2 heteroatoms. The Bertz CT molecular complexity index is 312. The van der Waals surface area contributed by atoms with Crippen LogP contribution in [-0.2, 0) is 0 Å². The molecule has 0 nitrogen and oxygen atoms in total. The summed E-state index contributed by atoms with van der Waals surface area (Å²) in [5.74, 6) is 1.94. The summed E-state index contributed by atoms with van der Waals surface area (Å²) in [5, 5.41) is 2.31. The van der Waals surface area contributed by atoms with E-state index in [2.05, 4.69) is 19.1 Å². The standard InChI is InChI=1S/C14H19ClSi/c1-11-2-4-12(5-3-11)10-16-14-8-6-13(15)7-9-14/h6-9,11-12H,2-5,10H2,1H3. The summed E-state index contributed by atoms with van der Waals surface area (Å²) >= 11 is 5.88. The van der Waals surface area contributed by atoms with E-state index in [1.165, 1.54) is 36.9 Å². The third-order valence-electron chi connectivity index (χ3n) is 3.57. The summed E-state index contributed by atoms with van der Waals surface area (Å²) in [6.07, 6.45) is 5.77. The molecule has 1 aliphatic carbocycles. The van der Waals surface area contributed by atoms with E-state index in [0.29, 0.717) is 0 Å². The highest BCUT2D eigenvalue weighted by molar-refractivity contribution is 6.53. The van der Waals surface area contributed by atoms with Crippen LogP contribution in [0, 0.1) is 11.8 Å². The first-order valence-corrected chi connectivity index (χ1v) is 7.82. The molecule has 2 radical (unpaired) electrons. The smallest absolute Gasteiger partial charge is 0.0810 e. The van der Waals surface area contributed by atoms with Crippen LogP contribution in [0.25, 0.3) is 0 Å². The van der Waals surface area contributed by atoms with Gasteiger partial charge in [-0.25, -0.2) is 0 Å². The monoisotopic (exact) mass is 250 g/mol. The third kappa shape index (κ3) is 3.64. The largest absolute Gasteiger partial charge is 0.0843 e. The van der Waals surface area contributed by atoms with Gasteiger partial charge in [0.2, 0.25) is 0 Å². The van der Waals surface area contributed by atoms with Crippen molar-refractivity contribution in [2.75, 3.05) is 0 Å². The van der Waals surface area contributed by atoms with E-state index in [4.69, 9.17) is 11.6 Å². The van der Waals surface area contributed by atoms with E-state index >= 15 is 0 Å². The Kier molecular flexibility index (Phi) is 4.48. The Labute approximate surface area is 106 Å². The first-order chi connectivity index (χ1) is 7.74. The molecule has 16 heavy (non-hydrogen) atoms. The van der Waals surface area contributed by atoms with Gasteiger partial charge >= 0.3 is 0 Å². The van der Waals surface area contributed by atoms with Crippen LogP contribution < -0.4 is 5.19 Å². The quantitative estimate of drug-likeness (QED) is 0.714. The predicted molar refractivity (Wildman–Crippen MR) is 72.8 cm³/mol. The molecule has 0 amide bonds. The lowest BCUT2D eigenvalue weighted by Crippen LogP contribution is -2.20. The van der Waals surface area contributed by atoms with Gasteiger partial charge in [-0.2, -0.15) is 0 Å². The molecule has 86 valence electrons. The van der Waals surface area contributed by atoms with Gasteiger partial charge in [0.05, 0.1) is 9.52 Å². The van der Waals surface area contributed by atoms with E-state index < -0.39 is 0 Å². The number of halogens is 1. The number of rotatable bonds is 3. The van der Waals surface area contributed by atoms with Crippen molar-refractivity contribution < 1.29 is 0 Å². The van der Waals surface area contributed by atoms with E-state index in [1.807, 2.05) is 12.1 Å². The fraction of sp³-hybridized carbons (Fsp3) is 0.571. The average molecular weight is 251 g/mol. The Morgan fingerprint density at radius 3 is 2.38 bits per heavy atom. The molecule has 1 aromatic carbocycles. The summed E-state index contributed by atoms with van der Waals surface area (Å²) in [6.45, 7) is 2.39. The Morgan fingerprint density at radius 2 is 1.75 bits per heavy atom. The lowest BCUT2D eigenvalue weighted by molar-refractivity contribution is 0.307. The van der Waals surface area contributed by atoms with Gasteiger partial charge in [0.1, 0.15) is 0 Å². The third-order valence-corrected chi connectivity index (χ3v) is 5.35. The molecule has 0 unspecified atom stereocenters. The topological polar surface area (TPSA) is 0 Å². The lowest BCUT2D eigenvalue weighted by atomic mass is 9.84. The lowest BCUT2D eigenvalue weighted by Gasteiger charge is -2.25. The van der Waals surface area contributed by atoms with E-state index in [0.717, 1.165) is 26.4 Å². The molecular formula is C14H19ClSi. The van der Waals surface area contributed by atoms with Crippen LogP contribution in [0.4, 0.5) is 0 Å². The van der Waals surface area contributed by atoms with Gasteiger partial charge in [-0.1, -0.05) is 67.6 Å². The Hall–Kier alpha value is -0.273. The molecule has 0 atom stereocenters. The predicted octanol–water partition coefficient (Wildman–Crippen LogP) is 3.91. The molecule has 1 aliphatic rings. The molecule has 1 aromatic rings. The second-order valence-corrected chi connectivity index (χ2v) is 6.79. The van der Waals surface area contributed by atoms with Crippen LogP contribution in [-0.4, -0.2) is 9.52 Å². The Morgan fingerprint density at radius 1 is 1.12 bits per heavy atom. The number of hydrogen-bond acceptors (Lipinski definition) is 0. The fourth-order valence-electron chi connectivity index (χ4n) is 2.36. The van der Waals surface area contributed by atoms with Gasteiger partial charge in [0.15, 0.2) is 0 Å². The highest BCUT2D eigenvalue weighted by Crippen LogP contribution is 2.30. The van der Waals surface area contributed by atoms with Gasteiger partial charge in [-0.15, -0.1) is 0 Å². The molecule has 1 fully saturated rings. The molecule has 0 heterocycles. The fourth-order valence-corrected chi connectivity index (χ4v) is 3.82. The van der Waals surface area contributed by atoms with Crippen LogP contribution in [0.1, 0.15) is 32.6 Å². The molecule has 0 spiro atoms. The van der Waals surface area contributed by atoms with Gasteiger partial charge in [0, 0.05) is 5.02 Å². The van der Waals surface area contributed by atoms with Crippen molar-refractivity contribution in [1.29, 1.82) is 0 Å². The van der Waals surface area contributed by atoms with Crippen molar-refractivity contribution in [3.05, 3.63) is 29.3 Å². The molecule has 0 bridgehead atoms.